The Bertz CT molecular complexity index is 871. The van der Waals surface area contributed by atoms with E-state index in [0.717, 1.165) is 18.4 Å². The number of hydrogen-bond acceptors (Lipinski definition) is 7. The van der Waals surface area contributed by atoms with E-state index in [1.165, 1.54) is 12.0 Å². The maximum absolute atomic E-state index is 13.7. The van der Waals surface area contributed by atoms with Gasteiger partial charge in [0, 0.05) is 12.3 Å². The van der Waals surface area contributed by atoms with Gasteiger partial charge in [-0.3, -0.25) is 14.4 Å². The Balaban J connectivity index is 3.36. The second-order valence-electron chi connectivity index (χ2n) is 9.23. The van der Waals surface area contributed by atoms with Crippen molar-refractivity contribution >= 4 is 36.5 Å². The number of rotatable bonds is 12. The van der Waals surface area contributed by atoms with Gasteiger partial charge in [0.15, 0.2) is 0 Å². The number of carbonyl (C=O) groups excluding carboxylic acids is 4. The third kappa shape index (κ3) is 10.6. The van der Waals surface area contributed by atoms with Crippen molar-refractivity contribution in [2.24, 2.45) is 0 Å². The molecule has 0 aliphatic carbocycles. The number of nitrogens with one attached hydrogen (secondary N) is 2. The van der Waals surface area contributed by atoms with Crippen LogP contribution in [0.4, 0.5) is 4.79 Å². The molecule has 1 aromatic rings. The number of amides is 3. The summed E-state index contributed by atoms with van der Waals surface area (Å²) in [6.07, 6.45) is 1.66. The first kappa shape index (κ1) is 30.3. The number of benzene rings is 1. The molecule has 10 heteroatoms. The molecule has 2 atom stereocenters. The van der Waals surface area contributed by atoms with Gasteiger partial charge in [0.1, 0.15) is 24.2 Å². The minimum absolute atomic E-state index is 0.00662. The number of hydrogen-bond donors (Lipinski definition) is 3. The number of ether oxygens (including phenoxy) is 2. The van der Waals surface area contributed by atoms with Crippen molar-refractivity contribution in [3.05, 3.63) is 35.4 Å². The molecule has 0 saturated carbocycles. The molecule has 0 fully saturated rings. The monoisotopic (exact) mass is 509 g/mol. The van der Waals surface area contributed by atoms with Crippen molar-refractivity contribution in [3.8, 4) is 0 Å². The first-order chi connectivity index (χ1) is 16.4. The molecular formula is C25H39N3O6S. The zero-order valence-electron chi connectivity index (χ0n) is 21.6. The number of carbonyl (C=O) groups is 4. The average molecular weight is 510 g/mol. The van der Waals surface area contributed by atoms with E-state index in [0.29, 0.717) is 12.0 Å². The minimum atomic E-state index is -1.02. The molecule has 2 N–H and O–H groups in total. The van der Waals surface area contributed by atoms with Crippen LogP contribution in [0.25, 0.3) is 0 Å². The lowest BCUT2D eigenvalue weighted by Gasteiger charge is -2.34. The Hall–Kier alpha value is -2.75. The standard InChI is InChI=1S/C25H39N3O6S/c1-7-8-9-13-28(23(31)19(16-35)27-24(32)34-25(3,4)5)21(18-12-10-11-17(2)14-18)22(30)26-15-20(29)33-6/h10-12,14,19,21,35H,7-9,13,15-16H2,1-6H3,(H,26,30)(H,27,32). The van der Waals surface area contributed by atoms with Gasteiger partial charge in [-0.2, -0.15) is 12.6 Å². The van der Waals surface area contributed by atoms with Gasteiger partial charge in [0.2, 0.25) is 11.8 Å². The number of methoxy groups -OCH3 is 1. The first-order valence-corrected chi connectivity index (χ1v) is 12.4. The second kappa shape index (κ2) is 14.6. The highest BCUT2D eigenvalue weighted by Crippen LogP contribution is 2.24. The molecule has 0 aromatic heterocycles. The number of thiol groups is 1. The van der Waals surface area contributed by atoms with Gasteiger partial charge < -0.3 is 25.0 Å². The first-order valence-electron chi connectivity index (χ1n) is 11.7. The topological polar surface area (TPSA) is 114 Å². The average Bonchev–Trinajstić information content (AvgIpc) is 2.78. The highest BCUT2D eigenvalue weighted by molar-refractivity contribution is 7.80. The van der Waals surface area contributed by atoms with Gasteiger partial charge in [-0.25, -0.2) is 4.79 Å². The van der Waals surface area contributed by atoms with Gasteiger partial charge in [0.25, 0.3) is 0 Å². The maximum atomic E-state index is 13.7. The molecule has 9 nitrogen and oxygen atoms in total. The van der Waals surface area contributed by atoms with E-state index in [9.17, 15) is 19.2 Å². The third-order valence-electron chi connectivity index (χ3n) is 5.01. The fourth-order valence-corrected chi connectivity index (χ4v) is 3.62. The van der Waals surface area contributed by atoms with E-state index in [1.54, 1.807) is 32.9 Å². The molecular weight excluding hydrogens is 470 g/mol. The molecule has 0 aliphatic heterocycles. The van der Waals surface area contributed by atoms with E-state index >= 15 is 0 Å². The van der Waals surface area contributed by atoms with Gasteiger partial charge in [0.05, 0.1) is 7.11 Å². The molecule has 35 heavy (non-hydrogen) atoms. The van der Waals surface area contributed by atoms with Crippen LogP contribution in [0.2, 0.25) is 0 Å². The molecule has 0 radical (unpaired) electrons. The number of alkyl carbamates (subject to hydrolysis) is 1. The lowest BCUT2D eigenvalue weighted by Crippen LogP contribution is -2.54. The molecule has 1 aromatic carbocycles. The Labute approximate surface area is 213 Å². The van der Waals surface area contributed by atoms with Crippen LogP contribution < -0.4 is 10.6 Å². The zero-order valence-corrected chi connectivity index (χ0v) is 22.4. The van der Waals surface area contributed by atoms with E-state index in [1.807, 2.05) is 26.0 Å². The quantitative estimate of drug-likeness (QED) is 0.227. The van der Waals surface area contributed by atoms with Crippen molar-refractivity contribution < 1.29 is 28.7 Å². The normalized spacial score (nSPS) is 12.8. The van der Waals surface area contributed by atoms with Crippen LogP contribution in [0.1, 0.15) is 64.1 Å². The number of nitrogens with zero attached hydrogens (tertiary/aromatic N) is 1. The van der Waals surface area contributed by atoms with Crippen molar-refractivity contribution in [1.29, 1.82) is 0 Å². The van der Waals surface area contributed by atoms with E-state index in [-0.39, 0.29) is 18.8 Å². The summed E-state index contributed by atoms with van der Waals surface area (Å²) in [6.45, 7) is 9.03. The molecule has 2 unspecified atom stereocenters. The molecule has 0 spiro atoms. The summed E-state index contributed by atoms with van der Waals surface area (Å²) >= 11 is 4.27. The Morgan fingerprint density at radius 2 is 1.83 bits per heavy atom. The van der Waals surface area contributed by atoms with Crippen LogP contribution in [0, 0.1) is 6.92 Å². The lowest BCUT2D eigenvalue weighted by molar-refractivity contribution is -0.144. The van der Waals surface area contributed by atoms with Gasteiger partial charge in [-0.15, -0.1) is 0 Å². The van der Waals surface area contributed by atoms with Crippen LogP contribution in [-0.4, -0.2) is 66.4 Å². The highest BCUT2D eigenvalue weighted by Gasteiger charge is 2.35. The van der Waals surface area contributed by atoms with Gasteiger partial charge in [-0.05, 0) is 39.7 Å². The molecule has 0 aliphatic rings. The molecule has 0 saturated heterocycles. The maximum Gasteiger partial charge on any atom is 0.408 e. The van der Waals surface area contributed by atoms with Gasteiger partial charge >= 0.3 is 12.1 Å². The predicted octanol–water partition coefficient (Wildman–Crippen LogP) is 3.17. The van der Waals surface area contributed by atoms with E-state index in [4.69, 9.17) is 4.74 Å². The van der Waals surface area contributed by atoms with Crippen molar-refractivity contribution in [3.63, 3.8) is 0 Å². The summed E-state index contributed by atoms with van der Waals surface area (Å²) in [5.41, 5.74) is 0.756. The smallest absolute Gasteiger partial charge is 0.408 e. The summed E-state index contributed by atoms with van der Waals surface area (Å²) in [4.78, 5) is 52.5. The highest BCUT2D eigenvalue weighted by atomic mass is 32.1. The van der Waals surface area contributed by atoms with Crippen molar-refractivity contribution in [2.75, 3.05) is 26.0 Å². The van der Waals surface area contributed by atoms with Crippen LogP contribution >= 0.6 is 12.6 Å². The molecule has 196 valence electrons. The van der Waals surface area contributed by atoms with Crippen molar-refractivity contribution in [1.82, 2.24) is 15.5 Å². The Morgan fingerprint density at radius 1 is 1.14 bits per heavy atom. The zero-order chi connectivity index (χ0) is 26.6. The molecule has 3 amide bonds. The summed E-state index contributed by atoms with van der Waals surface area (Å²) in [5.74, 6) is -1.60. The Kier molecular flexibility index (Phi) is 12.6. The van der Waals surface area contributed by atoms with Crippen LogP contribution in [0.15, 0.2) is 24.3 Å². The lowest BCUT2D eigenvalue weighted by atomic mass is 10.0. The van der Waals surface area contributed by atoms with Crippen molar-refractivity contribution in [2.45, 2.75) is 71.6 Å². The summed E-state index contributed by atoms with van der Waals surface area (Å²) in [7, 11) is 1.23. The third-order valence-corrected chi connectivity index (χ3v) is 5.37. The van der Waals surface area contributed by atoms with E-state index < -0.39 is 41.6 Å². The SMILES string of the molecule is CCCCCN(C(=O)C(CS)NC(=O)OC(C)(C)C)C(C(=O)NCC(=O)OC)c1cccc(C)c1. The Morgan fingerprint density at radius 3 is 2.37 bits per heavy atom. The fourth-order valence-electron chi connectivity index (χ4n) is 3.38. The summed E-state index contributed by atoms with van der Waals surface area (Å²) in [5, 5.41) is 5.14. The van der Waals surface area contributed by atoms with Crippen LogP contribution in [-0.2, 0) is 23.9 Å². The number of esters is 1. The molecule has 0 heterocycles. The predicted molar refractivity (Wildman–Crippen MR) is 137 cm³/mol. The van der Waals surface area contributed by atoms with Crippen LogP contribution in [0.3, 0.4) is 0 Å². The van der Waals surface area contributed by atoms with E-state index in [2.05, 4.69) is 28.0 Å². The summed E-state index contributed by atoms with van der Waals surface area (Å²) in [6, 6.07) is 5.22. The minimum Gasteiger partial charge on any atom is -0.468 e. The number of aryl methyl sites for hydroxylation is 1. The molecule has 0 bridgehead atoms. The number of unbranched alkanes of at least 4 members (excludes halogenated alkanes) is 2. The van der Waals surface area contributed by atoms with Gasteiger partial charge in [-0.1, -0.05) is 49.6 Å². The fraction of sp³-hybridized carbons (Fsp3) is 0.600. The molecule has 1 rings (SSSR count). The largest absolute Gasteiger partial charge is 0.468 e. The summed E-state index contributed by atoms with van der Waals surface area (Å²) < 4.78 is 9.92. The van der Waals surface area contributed by atoms with Crippen LogP contribution in [0.5, 0.6) is 0 Å². The second-order valence-corrected chi connectivity index (χ2v) is 9.60.